The lowest BCUT2D eigenvalue weighted by Crippen LogP contribution is -2.44. The first-order valence-corrected chi connectivity index (χ1v) is 5.95. The minimum Gasteiger partial charge on any atom is -0.480 e. The van der Waals surface area contributed by atoms with E-state index in [0.717, 1.165) is 0 Å². The summed E-state index contributed by atoms with van der Waals surface area (Å²) in [5, 5.41) is 10.6. The Morgan fingerprint density at radius 2 is 2.15 bits per heavy atom. The maximum atomic E-state index is 11.7. The van der Waals surface area contributed by atoms with Crippen molar-refractivity contribution in [1.82, 2.24) is 14.9 Å². The summed E-state index contributed by atoms with van der Waals surface area (Å²) in [6.45, 7) is -0.292. The molecule has 0 aliphatic rings. The normalized spacial score (nSPS) is 11.9. The third-order valence-electron chi connectivity index (χ3n) is 2.52. The minimum absolute atomic E-state index is 0.0712. The molecule has 1 aromatic rings. The van der Waals surface area contributed by atoms with Crippen LogP contribution in [0.2, 0.25) is 0 Å². The van der Waals surface area contributed by atoms with Crippen LogP contribution in [0, 0.1) is 0 Å². The molecule has 0 aliphatic carbocycles. The molecule has 0 aromatic carbocycles. The third kappa shape index (κ3) is 4.44. The summed E-state index contributed by atoms with van der Waals surface area (Å²) in [6, 6.07) is -0.963. The van der Waals surface area contributed by atoms with Crippen molar-refractivity contribution in [1.29, 1.82) is 0 Å². The van der Waals surface area contributed by atoms with E-state index in [-0.39, 0.29) is 25.3 Å². The van der Waals surface area contributed by atoms with Crippen molar-refractivity contribution >= 4 is 17.8 Å². The van der Waals surface area contributed by atoms with Crippen molar-refractivity contribution in [2.75, 3.05) is 13.1 Å². The van der Waals surface area contributed by atoms with Crippen LogP contribution in [0.1, 0.15) is 16.9 Å². The Bertz CT molecular complexity index is 499. The molecule has 0 saturated heterocycles. The molecule has 0 spiro atoms. The van der Waals surface area contributed by atoms with Gasteiger partial charge in [-0.15, -0.1) is 0 Å². The SMILES string of the molecule is NCCC(=O)n1cncc1C[C@H](N)C(=O)NCC(=O)O. The van der Waals surface area contributed by atoms with Gasteiger partial charge < -0.3 is 21.9 Å². The number of carbonyl (C=O) groups is 3. The molecule has 9 heteroatoms. The Hall–Kier alpha value is -2.26. The first kappa shape index (κ1) is 15.8. The summed E-state index contributed by atoms with van der Waals surface area (Å²) in [5.74, 6) is -2.00. The molecule has 9 nitrogen and oxygen atoms in total. The number of hydrogen-bond donors (Lipinski definition) is 4. The number of carbonyl (C=O) groups excluding carboxylic acids is 2. The quantitative estimate of drug-likeness (QED) is 0.448. The maximum Gasteiger partial charge on any atom is 0.322 e. The Morgan fingerprint density at radius 1 is 1.45 bits per heavy atom. The van der Waals surface area contributed by atoms with Gasteiger partial charge in [-0.3, -0.25) is 19.0 Å². The van der Waals surface area contributed by atoms with E-state index in [0.29, 0.717) is 5.69 Å². The predicted octanol–water partition coefficient (Wildman–Crippen LogP) is -2.06. The molecular weight excluding hydrogens is 266 g/mol. The summed E-state index contributed by atoms with van der Waals surface area (Å²) in [5.41, 5.74) is 11.4. The van der Waals surface area contributed by atoms with Crippen LogP contribution in [0.4, 0.5) is 0 Å². The van der Waals surface area contributed by atoms with Gasteiger partial charge in [0.2, 0.25) is 11.8 Å². The van der Waals surface area contributed by atoms with Gasteiger partial charge in [-0.25, -0.2) is 4.98 Å². The lowest BCUT2D eigenvalue weighted by atomic mass is 10.1. The van der Waals surface area contributed by atoms with Gasteiger partial charge in [0.1, 0.15) is 12.9 Å². The van der Waals surface area contributed by atoms with Crippen molar-refractivity contribution in [3.05, 3.63) is 18.2 Å². The highest BCUT2D eigenvalue weighted by molar-refractivity contribution is 5.85. The summed E-state index contributed by atoms with van der Waals surface area (Å²) in [4.78, 5) is 37.4. The summed E-state index contributed by atoms with van der Waals surface area (Å²) < 4.78 is 1.29. The fourth-order valence-electron chi connectivity index (χ4n) is 1.55. The average Bonchev–Trinajstić information content (AvgIpc) is 2.84. The highest BCUT2D eigenvalue weighted by Gasteiger charge is 2.18. The number of imidazole rings is 1. The number of carboxylic acids is 1. The second kappa shape index (κ2) is 7.36. The topological polar surface area (TPSA) is 153 Å². The van der Waals surface area contributed by atoms with E-state index in [9.17, 15) is 14.4 Å². The van der Waals surface area contributed by atoms with Crippen molar-refractivity contribution in [2.24, 2.45) is 11.5 Å². The van der Waals surface area contributed by atoms with Gasteiger partial charge in [-0.05, 0) is 0 Å². The number of amides is 1. The Morgan fingerprint density at radius 3 is 2.75 bits per heavy atom. The molecule has 1 atom stereocenters. The van der Waals surface area contributed by atoms with E-state index < -0.39 is 24.5 Å². The third-order valence-corrected chi connectivity index (χ3v) is 2.52. The van der Waals surface area contributed by atoms with Gasteiger partial charge in [0.25, 0.3) is 0 Å². The van der Waals surface area contributed by atoms with E-state index in [4.69, 9.17) is 16.6 Å². The van der Waals surface area contributed by atoms with Crippen molar-refractivity contribution < 1.29 is 19.5 Å². The number of hydrogen-bond acceptors (Lipinski definition) is 6. The first-order valence-electron chi connectivity index (χ1n) is 5.95. The molecule has 1 rings (SSSR count). The molecule has 0 aliphatic heterocycles. The van der Waals surface area contributed by atoms with Crippen LogP contribution in [-0.2, 0) is 16.0 Å². The lowest BCUT2D eigenvalue weighted by Gasteiger charge is -2.12. The highest BCUT2D eigenvalue weighted by atomic mass is 16.4. The van der Waals surface area contributed by atoms with Crippen molar-refractivity contribution in [3.8, 4) is 0 Å². The molecule has 0 unspecified atom stereocenters. The van der Waals surface area contributed by atoms with Crippen LogP contribution >= 0.6 is 0 Å². The smallest absolute Gasteiger partial charge is 0.322 e. The van der Waals surface area contributed by atoms with Gasteiger partial charge in [-0.2, -0.15) is 0 Å². The zero-order valence-corrected chi connectivity index (χ0v) is 10.8. The number of carboxylic acid groups (broad SMARTS) is 1. The zero-order valence-electron chi connectivity index (χ0n) is 10.8. The number of nitrogens with two attached hydrogens (primary N) is 2. The van der Waals surface area contributed by atoms with Crippen LogP contribution in [0.5, 0.6) is 0 Å². The van der Waals surface area contributed by atoms with E-state index in [2.05, 4.69) is 10.3 Å². The van der Waals surface area contributed by atoms with Crippen molar-refractivity contribution in [2.45, 2.75) is 18.9 Å². The number of aromatic nitrogens is 2. The molecule has 6 N–H and O–H groups in total. The van der Waals surface area contributed by atoms with Crippen LogP contribution in [0.3, 0.4) is 0 Å². The Balaban J connectivity index is 2.64. The Labute approximate surface area is 114 Å². The molecular formula is C11H17N5O4. The van der Waals surface area contributed by atoms with Crippen LogP contribution < -0.4 is 16.8 Å². The zero-order chi connectivity index (χ0) is 15.1. The van der Waals surface area contributed by atoms with Gasteiger partial charge in [0.15, 0.2) is 0 Å². The standard InChI is InChI=1S/C11H17N5O4/c12-2-1-9(17)16-6-14-4-7(16)3-8(13)11(20)15-5-10(18)19/h4,6,8H,1-3,5,12-13H2,(H,15,20)(H,18,19)/t8-/m0/s1. The fraction of sp³-hybridized carbons (Fsp3) is 0.455. The molecule has 0 radical (unpaired) electrons. The lowest BCUT2D eigenvalue weighted by molar-refractivity contribution is -0.138. The summed E-state index contributed by atoms with van der Waals surface area (Å²) >= 11 is 0. The second-order valence-electron chi connectivity index (χ2n) is 4.11. The van der Waals surface area contributed by atoms with E-state index >= 15 is 0 Å². The predicted molar refractivity (Wildman–Crippen MR) is 68.8 cm³/mol. The van der Waals surface area contributed by atoms with E-state index in [1.54, 1.807) is 0 Å². The van der Waals surface area contributed by atoms with Crippen LogP contribution in [0.15, 0.2) is 12.5 Å². The molecule has 0 saturated carbocycles. The van der Waals surface area contributed by atoms with Gasteiger partial charge in [0.05, 0.1) is 6.04 Å². The van der Waals surface area contributed by atoms with Crippen LogP contribution in [0.25, 0.3) is 0 Å². The highest BCUT2D eigenvalue weighted by Crippen LogP contribution is 2.04. The summed E-state index contributed by atoms with van der Waals surface area (Å²) in [6.07, 6.45) is 2.99. The summed E-state index contributed by atoms with van der Waals surface area (Å²) in [7, 11) is 0. The monoisotopic (exact) mass is 283 g/mol. The first-order chi connectivity index (χ1) is 9.45. The van der Waals surface area contributed by atoms with E-state index in [1.165, 1.54) is 17.1 Å². The molecule has 0 fully saturated rings. The largest absolute Gasteiger partial charge is 0.480 e. The fourth-order valence-corrected chi connectivity index (χ4v) is 1.55. The molecule has 20 heavy (non-hydrogen) atoms. The average molecular weight is 283 g/mol. The van der Waals surface area contributed by atoms with Crippen LogP contribution in [-0.4, -0.2) is 51.6 Å². The van der Waals surface area contributed by atoms with Gasteiger partial charge >= 0.3 is 5.97 Å². The maximum absolute atomic E-state index is 11.7. The van der Waals surface area contributed by atoms with Gasteiger partial charge in [0, 0.05) is 31.3 Å². The molecule has 0 bridgehead atoms. The van der Waals surface area contributed by atoms with E-state index in [1.807, 2.05) is 0 Å². The number of rotatable bonds is 7. The molecule has 1 heterocycles. The number of aliphatic carboxylic acids is 1. The van der Waals surface area contributed by atoms with Gasteiger partial charge in [-0.1, -0.05) is 0 Å². The number of nitrogens with zero attached hydrogens (tertiary/aromatic N) is 2. The molecule has 110 valence electrons. The Kier molecular flexibility index (Phi) is 5.81. The second-order valence-corrected chi connectivity index (χ2v) is 4.11. The van der Waals surface area contributed by atoms with Crippen molar-refractivity contribution in [3.63, 3.8) is 0 Å². The molecule has 1 amide bonds. The number of nitrogens with one attached hydrogen (secondary N) is 1. The minimum atomic E-state index is -1.16. The molecule has 1 aromatic heterocycles.